The van der Waals surface area contributed by atoms with Gasteiger partial charge in [0.1, 0.15) is 5.58 Å². The largest absolute Gasteiger partial charge is 0.464 e. The number of nitrogens with two attached hydrogens (primary N) is 1. The number of benzene rings is 1. The van der Waals surface area contributed by atoms with E-state index in [4.69, 9.17) is 21.8 Å². The van der Waals surface area contributed by atoms with Crippen LogP contribution in [0.2, 0.25) is 5.02 Å². The van der Waals surface area contributed by atoms with Crippen LogP contribution in [-0.4, -0.2) is 11.7 Å². The van der Waals surface area contributed by atoms with Crippen molar-refractivity contribution in [3.8, 4) is 0 Å². The van der Waals surface area contributed by atoms with Gasteiger partial charge in [0.05, 0.1) is 17.4 Å². The summed E-state index contributed by atoms with van der Waals surface area (Å²) in [6, 6.07) is 5.39. The average Bonchev–Trinajstić information content (AvgIpc) is 2.63. The van der Waals surface area contributed by atoms with Crippen LogP contribution in [0.5, 0.6) is 0 Å². The molecule has 2 aromatic rings. The molecular formula is C11H12ClNO2. The Kier molecular flexibility index (Phi) is 2.95. The van der Waals surface area contributed by atoms with Crippen molar-refractivity contribution in [2.45, 2.75) is 12.5 Å². The van der Waals surface area contributed by atoms with E-state index in [-0.39, 0.29) is 0 Å². The standard InChI is InChI=1S/C11H12ClNO2/c12-9-6-11-7(2-4-15-11)5-8(9)10(14)1-3-13/h2,4-6,10,14H,1,3,13H2. The molecule has 0 radical (unpaired) electrons. The van der Waals surface area contributed by atoms with Crippen LogP contribution in [0, 0.1) is 0 Å². The lowest BCUT2D eigenvalue weighted by atomic mass is 10.0. The second-order valence-electron chi connectivity index (χ2n) is 3.43. The molecule has 3 nitrogen and oxygen atoms in total. The van der Waals surface area contributed by atoms with E-state index in [0.29, 0.717) is 23.6 Å². The van der Waals surface area contributed by atoms with Gasteiger partial charge in [0, 0.05) is 17.0 Å². The van der Waals surface area contributed by atoms with Gasteiger partial charge in [0.2, 0.25) is 0 Å². The summed E-state index contributed by atoms with van der Waals surface area (Å²) in [5, 5.41) is 11.3. The maximum atomic E-state index is 9.80. The van der Waals surface area contributed by atoms with E-state index in [0.717, 1.165) is 11.0 Å². The third kappa shape index (κ3) is 2.00. The molecule has 0 saturated carbocycles. The van der Waals surface area contributed by atoms with Crippen LogP contribution in [0.3, 0.4) is 0 Å². The van der Waals surface area contributed by atoms with Crippen LogP contribution in [0.25, 0.3) is 11.0 Å². The number of hydrogen-bond acceptors (Lipinski definition) is 3. The number of hydrogen-bond donors (Lipinski definition) is 2. The van der Waals surface area contributed by atoms with Gasteiger partial charge in [0.25, 0.3) is 0 Å². The van der Waals surface area contributed by atoms with E-state index in [9.17, 15) is 5.11 Å². The summed E-state index contributed by atoms with van der Waals surface area (Å²) in [6.07, 6.45) is 1.49. The highest BCUT2D eigenvalue weighted by Gasteiger charge is 2.12. The fraction of sp³-hybridized carbons (Fsp3) is 0.273. The molecular weight excluding hydrogens is 214 g/mol. The van der Waals surface area contributed by atoms with Crippen molar-refractivity contribution in [3.05, 3.63) is 35.0 Å². The van der Waals surface area contributed by atoms with Gasteiger partial charge in [-0.15, -0.1) is 0 Å². The van der Waals surface area contributed by atoms with Crippen molar-refractivity contribution in [1.82, 2.24) is 0 Å². The van der Waals surface area contributed by atoms with E-state index in [1.54, 1.807) is 12.3 Å². The second-order valence-corrected chi connectivity index (χ2v) is 3.83. The van der Waals surface area contributed by atoms with E-state index >= 15 is 0 Å². The predicted octanol–water partition coefficient (Wildman–Crippen LogP) is 2.47. The molecule has 0 amide bonds. The monoisotopic (exact) mass is 225 g/mol. The first kappa shape index (κ1) is 10.5. The molecule has 0 aliphatic carbocycles. The van der Waals surface area contributed by atoms with Gasteiger partial charge in [-0.2, -0.15) is 0 Å². The van der Waals surface area contributed by atoms with Gasteiger partial charge in [0.15, 0.2) is 0 Å². The van der Waals surface area contributed by atoms with Gasteiger partial charge < -0.3 is 15.3 Å². The summed E-state index contributed by atoms with van der Waals surface area (Å²) < 4.78 is 5.20. The molecule has 0 fully saturated rings. The highest BCUT2D eigenvalue weighted by Crippen LogP contribution is 2.30. The minimum atomic E-state index is -0.609. The number of halogens is 1. The first-order valence-corrected chi connectivity index (χ1v) is 5.15. The minimum absolute atomic E-state index is 0.431. The van der Waals surface area contributed by atoms with Crippen LogP contribution in [0.1, 0.15) is 18.1 Å². The SMILES string of the molecule is NCCC(O)c1cc2ccoc2cc1Cl. The van der Waals surface area contributed by atoms with Crippen molar-refractivity contribution in [2.24, 2.45) is 5.73 Å². The number of aliphatic hydroxyl groups is 1. The molecule has 0 bridgehead atoms. The van der Waals surface area contributed by atoms with E-state index in [1.807, 2.05) is 12.1 Å². The number of furan rings is 1. The molecule has 1 aromatic carbocycles. The quantitative estimate of drug-likeness (QED) is 0.844. The van der Waals surface area contributed by atoms with Gasteiger partial charge in [-0.05, 0) is 25.1 Å². The zero-order valence-corrected chi connectivity index (χ0v) is 8.87. The molecule has 4 heteroatoms. The zero-order chi connectivity index (χ0) is 10.8. The van der Waals surface area contributed by atoms with Gasteiger partial charge in [-0.3, -0.25) is 0 Å². The van der Waals surface area contributed by atoms with Gasteiger partial charge >= 0.3 is 0 Å². The Morgan fingerprint density at radius 1 is 1.47 bits per heavy atom. The smallest absolute Gasteiger partial charge is 0.135 e. The van der Waals surface area contributed by atoms with Crippen molar-refractivity contribution >= 4 is 22.6 Å². The van der Waals surface area contributed by atoms with Gasteiger partial charge in [-0.1, -0.05) is 11.6 Å². The Labute approximate surface area is 92.4 Å². The van der Waals surface area contributed by atoms with Crippen LogP contribution < -0.4 is 5.73 Å². The molecule has 0 aliphatic heterocycles. The van der Waals surface area contributed by atoms with E-state index in [2.05, 4.69) is 0 Å². The van der Waals surface area contributed by atoms with Crippen LogP contribution in [0.15, 0.2) is 28.9 Å². The molecule has 1 atom stereocenters. The fourth-order valence-corrected chi connectivity index (χ4v) is 1.85. The summed E-state index contributed by atoms with van der Waals surface area (Å²) in [6.45, 7) is 0.431. The van der Waals surface area contributed by atoms with E-state index < -0.39 is 6.10 Å². The number of rotatable bonds is 3. The van der Waals surface area contributed by atoms with Crippen molar-refractivity contribution in [3.63, 3.8) is 0 Å². The summed E-state index contributed by atoms with van der Waals surface area (Å²) in [7, 11) is 0. The average molecular weight is 226 g/mol. The predicted molar refractivity (Wildman–Crippen MR) is 59.9 cm³/mol. The fourth-order valence-electron chi connectivity index (χ4n) is 1.57. The third-order valence-electron chi connectivity index (χ3n) is 2.37. The molecule has 0 aliphatic rings. The van der Waals surface area contributed by atoms with Crippen LogP contribution in [0.4, 0.5) is 0 Å². The van der Waals surface area contributed by atoms with Crippen LogP contribution in [-0.2, 0) is 0 Å². The lowest BCUT2D eigenvalue weighted by molar-refractivity contribution is 0.170. The molecule has 0 spiro atoms. The summed E-state index contributed by atoms with van der Waals surface area (Å²) >= 11 is 6.03. The molecule has 3 N–H and O–H groups in total. The normalized spacial score (nSPS) is 13.3. The molecule has 0 saturated heterocycles. The highest BCUT2D eigenvalue weighted by molar-refractivity contribution is 6.32. The molecule has 80 valence electrons. The Balaban J connectivity index is 2.45. The maximum Gasteiger partial charge on any atom is 0.135 e. The Hall–Kier alpha value is -1.03. The molecule has 1 unspecified atom stereocenters. The first-order chi connectivity index (χ1) is 7.22. The third-order valence-corrected chi connectivity index (χ3v) is 2.70. The van der Waals surface area contributed by atoms with Crippen molar-refractivity contribution in [1.29, 1.82) is 0 Å². The van der Waals surface area contributed by atoms with Crippen molar-refractivity contribution < 1.29 is 9.52 Å². The summed E-state index contributed by atoms with van der Waals surface area (Å²) in [5.41, 5.74) is 6.82. The lowest BCUT2D eigenvalue weighted by Crippen LogP contribution is -2.07. The number of fused-ring (bicyclic) bond motifs is 1. The lowest BCUT2D eigenvalue weighted by Gasteiger charge is -2.11. The number of aliphatic hydroxyl groups excluding tert-OH is 1. The van der Waals surface area contributed by atoms with Crippen molar-refractivity contribution in [2.75, 3.05) is 6.54 Å². The van der Waals surface area contributed by atoms with Gasteiger partial charge in [-0.25, -0.2) is 0 Å². The minimum Gasteiger partial charge on any atom is -0.464 e. The zero-order valence-electron chi connectivity index (χ0n) is 8.11. The topological polar surface area (TPSA) is 59.4 Å². The summed E-state index contributed by atoms with van der Waals surface area (Å²) in [4.78, 5) is 0. The maximum absolute atomic E-state index is 9.80. The second kappa shape index (κ2) is 4.23. The Bertz CT molecular complexity index is 467. The summed E-state index contributed by atoms with van der Waals surface area (Å²) in [5.74, 6) is 0. The molecule has 1 heterocycles. The molecule has 2 rings (SSSR count). The van der Waals surface area contributed by atoms with Crippen LogP contribution >= 0.6 is 11.6 Å². The first-order valence-electron chi connectivity index (χ1n) is 4.77. The highest BCUT2D eigenvalue weighted by atomic mass is 35.5. The molecule has 15 heavy (non-hydrogen) atoms. The molecule has 1 aromatic heterocycles. The Morgan fingerprint density at radius 2 is 2.27 bits per heavy atom. The Morgan fingerprint density at radius 3 is 3.00 bits per heavy atom. The van der Waals surface area contributed by atoms with E-state index in [1.165, 1.54) is 0 Å².